The minimum absolute atomic E-state index is 0. The topological polar surface area (TPSA) is 217 Å². The van der Waals surface area contributed by atoms with Crippen LogP contribution in [0.1, 0.15) is 5.56 Å². The quantitative estimate of drug-likeness (QED) is 0.0776. The molecule has 0 unspecified atom stereocenters. The monoisotopic (exact) mass is 691 g/mol. The van der Waals surface area contributed by atoms with Crippen molar-refractivity contribution in [2.75, 3.05) is 49.2 Å². The molecule has 0 aliphatic heterocycles. The number of nitrogens with zero attached hydrogens (tertiary/aromatic N) is 3. The molecule has 0 aliphatic carbocycles. The first kappa shape index (κ1) is 47.9. The number of non-ortho nitro benzene ring substituents is 1. The number of ether oxygens (including phenoxy) is 2. The minimum Gasteiger partial charge on any atom is -0.488 e. The van der Waals surface area contributed by atoms with Crippen LogP contribution in [-0.4, -0.2) is 294 Å². The van der Waals surface area contributed by atoms with Crippen molar-refractivity contribution in [1.82, 2.24) is 0 Å². The number of carboxylic acid groups (broad SMARTS) is 4. The van der Waals surface area contributed by atoms with Gasteiger partial charge in [0.2, 0.25) is 0 Å². The van der Waals surface area contributed by atoms with Crippen molar-refractivity contribution < 1.29 is 54.0 Å². The molecule has 15 nitrogen and oxygen atoms in total. The van der Waals surface area contributed by atoms with Crippen LogP contribution in [0, 0.1) is 17.0 Å². The summed E-state index contributed by atoms with van der Waals surface area (Å²) in [5, 5.41) is 47.9. The first-order chi connectivity index (χ1) is 17.9. The van der Waals surface area contributed by atoms with Gasteiger partial charge in [-0.05, 0) is 30.7 Å². The van der Waals surface area contributed by atoms with Crippen LogP contribution in [0.15, 0.2) is 36.4 Å². The van der Waals surface area contributed by atoms with Gasteiger partial charge < -0.3 is 39.7 Å². The van der Waals surface area contributed by atoms with Crippen molar-refractivity contribution in [3.05, 3.63) is 52.1 Å². The van der Waals surface area contributed by atoms with Gasteiger partial charge in [-0.15, -0.1) is 0 Å². The van der Waals surface area contributed by atoms with E-state index < -0.39 is 55.0 Å². The van der Waals surface area contributed by atoms with Gasteiger partial charge in [-0.3, -0.25) is 29.3 Å². The fourth-order valence-corrected chi connectivity index (χ4v) is 3.40. The van der Waals surface area contributed by atoms with E-state index >= 15 is 0 Å². The Labute approximate surface area is 410 Å². The van der Waals surface area contributed by atoms with E-state index in [2.05, 4.69) is 0 Å². The van der Waals surface area contributed by atoms with Gasteiger partial charge in [-0.25, -0.2) is 0 Å². The van der Waals surface area contributed by atoms with E-state index in [0.717, 1.165) is 27.5 Å². The Morgan fingerprint density at radius 2 is 1.05 bits per heavy atom. The van der Waals surface area contributed by atoms with E-state index in [9.17, 15) is 29.3 Å². The van der Waals surface area contributed by atoms with Crippen molar-refractivity contribution >= 4 is 246 Å². The summed E-state index contributed by atoms with van der Waals surface area (Å²) in [4.78, 5) is 57.5. The zero-order chi connectivity index (χ0) is 28.4. The van der Waals surface area contributed by atoms with Crippen LogP contribution in [0.5, 0.6) is 11.5 Å². The maximum Gasteiger partial charge on any atom is 0.323 e. The Hall–Kier alpha value is 1.47. The number of nitro groups is 1. The molecule has 2 rings (SSSR count). The summed E-state index contributed by atoms with van der Waals surface area (Å²) in [6, 6.07) is 7.98. The van der Waals surface area contributed by atoms with E-state index in [0.29, 0.717) is 0 Å². The molecule has 0 aliphatic rings. The average molecular weight is 692 g/mol. The molecule has 0 atom stereocenters. The predicted octanol–water partition coefficient (Wildman–Crippen LogP) is -0.211. The van der Waals surface area contributed by atoms with Gasteiger partial charge in [0.1, 0.15) is 50.9 Å². The molecule has 4 N–H and O–H groups in total. The van der Waals surface area contributed by atoms with Crippen LogP contribution in [0.3, 0.4) is 0 Å². The number of anilines is 2. The van der Waals surface area contributed by atoms with Gasteiger partial charge >= 0.3 is 23.9 Å². The molecule has 2 aromatic carbocycles. The van der Waals surface area contributed by atoms with Crippen LogP contribution in [0.4, 0.5) is 17.1 Å². The Morgan fingerprint density at radius 3 is 1.40 bits per heavy atom. The Balaban J connectivity index is -0.00000380. The number of hydrogen-bond donors (Lipinski definition) is 4. The third-order valence-electron chi connectivity index (χ3n) is 4.85. The van der Waals surface area contributed by atoms with Crippen molar-refractivity contribution in [2.24, 2.45) is 0 Å². The summed E-state index contributed by atoms with van der Waals surface area (Å²) < 4.78 is 11.3. The molecule has 4 radical (unpaired) electrons. The molecule has 0 saturated heterocycles. The normalized spacial score (nSPS) is 9.36. The zero-order valence-electron chi connectivity index (χ0n) is 24.1. The van der Waals surface area contributed by atoms with Crippen molar-refractivity contribution in [1.29, 1.82) is 0 Å². The van der Waals surface area contributed by atoms with Crippen LogP contribution in [-0.2, 0) is 19.2 Å². The third kappa shape index (κ3) is 17.4. The van der Waals surface area contributed by atoms with E-state index in [4.69, 9.17) is 29.9 Å². The molecule has 2 aromatic rings. The largest absolute Gasteiger partial charge is 0.488 e. The van der Waals surface area contributed by atoms with Crippen molar-refractivity contribution in [3.8, 4) is 11.5 Å². The summed E-state index contributed by atoms with van der Waals surface area (Å²) >= 11 is 0. The van der Waals surface area contributed by atoms with E-state index in [-0.39, 0.29) is 247 Å². The van der Waals surface area contributed by atoms with Crippen LogP contribution < -0.4 is 19.3 Å². The molecule has 0 saturated carbocycles. The number of hydrogen-bond acceptors (Lipinski definition) is 10. The first-order valence-corrected chi connectivity index (χ1v) is 10.9. The standard InChI is InChI=1S/C23H25N3O12.4K/c1-14-2-4-16(24(10-20(27)28)11-21(29)30)18(8-14)37-6-7-38-19-9-15(26(35)36)3-5-17(19)25(12-22(31)32)13-23(33)34;;;;/h2-5,8-9H,6-7,10-13H2,1H3,(H,27,28)(H,29,30)(H,31,32)(H,33,34);;;;. The van der Waals surface area contributed by atoms with Gasteiger partial charge in [0.15, 0.2) is 0 Å². The SMILES string of the molecule is Cc1ccc(N(CC(=O)O)CC(=O)O)c(OCCOc2cc([N+](=O)[O-])ccc2N(CC(=O)O)CC(=O)O)c1.[K].[K].[K].[K]. The molecular weight excluding hydrogens is 667 g/mol. The smallest absolute Gasteiger partial charge is 0.323 e. The third-order valence-corrected chi connectivity index (χ3v) is 4.85. The van der Waals surface area contributed by atoms with Crippen molar-refractivity contribution in [3.63, 3.8) is 0 Å². The molecule has 19 heteroatoms. The second-order valence-electron chi connectivity index (χ2n) is 7.86. The van der Waals surface area contributed by atoms with Gasteiger partial charge in [-0.2, -0.15) is 0 Å². The number of nitro benzene ring substituents is 1. The number of carbonyl (C=O) groups is 4. The molecule has 0 heterocycles. The molecule has 42 heavy (non-hydrogen) atoms. The zero-order valence-corrected chi connectivity index (χ0v) is 36.6. The molecule has 208 valence electrons. The predicted molar refractivity (Wildman–Crippen MR) is 153 cm³/mol. The van der Waals surface area contributed by atoms with Crippen LogP contribution in [0.25, 0.3) is 0 Å². The molecule has 0 bridgehead atoms. The second kappa shape index (κ2) is 24.6. The van der Waals surface area contributed by atoms with Gasteiger partial charge in [0.05, 0.1) is 22.4 Å². The summed E-state index contributed by atoms with van der Waals surface area (Å²) in [6.07, 6.45) is 0. The van der Waals surface area contributed by atoms with Crippen molar-refractivity contribution in [2.45, 2.75) is 6.92 Å². The summed E-state index contributed by atoms with van der Waals surface area (Å²) in [5.41, 5.74) is 0.541. The molecule has 0 amide bonds. The van der Waals surface area contributed by atoms with E-state index in [1.807, 2.05) is 0 Å². The van der Waals surface area contributed by atoms with Gasteiger partial charge in [-0.1, -0.05) is 6.07 Å². The number of aliphatic carboxylic acids is 4. The molecule has 0 spiro atoms. The van der Waals surface area contributed by atoms with E-state index in [1.54, 1.807) is 19.1 Å². The van der Waals surface area contributed by atoms with Crippen LogP contribution in [0.2, 0.25) is 0 Å². The number of carboxylic acids is 4. The first-order valence-electron chi connectivity index (χ1n) is 10.9. The molecular formula is C23H25K4N3O12. The maximum absolute atomic E-state index is 11.2. The average Bonchev–Trinajstić information content (AvgIpc) is 2.79. The fraction of sp³-hybridized carbons (Fsp3) is 0.304. The molecule has 0 aromatic heterocycles. The summed E-state index contributed by atoms with van der Waals surface area (Å²) in [6.45, 7) is -1.34. The Morgan fingerprint density at radius 1 is 0.690 bits per heavy atom. The van der Waals surface area contributed by atoms with Gasteiger partial charge in [0.25, 0.3) is 5.69 Å². The van der Waals surface area contributed by atoms with Crippen LogP contribution >= 0.6 is 0 Å². The fourth-order valence-electron chi connectivity index (χ4n) is 3.40. The summed E-state index contributed by atoms with van der Waals surface area (Å²) in [7, 11) is 0. The number of benzene rings is 2. The molecule has 0 fully saturated rings. The minimum atomic E-state index is -1.34. The van der Waals surface area contributed by atoms with E-state index in [1.165, 1.54) is 12.1 Å². The second-order valence-corrected chi connectivity index (χ2v) is 7.86. The number of rotatable bonds is 16. The Bertz CT molecular complexity index is 1200. The summed E-state index contributed by atoms with van der Waals surface area (Å²) in [5.74, 6) is -5.18. The Kier molecular flexibility index (Phi) is 28.1. The number of aryl methyl sites for hydroxylation is 1. The van der Waals surface area contributed by atoms with Gasteiger partial charge in [0, 0.05) is 212 Å². The maximum atomic E-state index is 11.2.